The maximum atomic E-state index is 11.4. The highest BCUT2D eigenvalue weighted by Gasteiger charge is 2.32. The van der Waals surface area contributed by atoms with Gasteiger partial charge in [-0.3, -0.25) is 4.79 Å². The Labute approximate surface area is 95.2 Å². The molecule has 0 atom stereocenters. The molecule has 1 amide bonds. The number of likely N-dealkylation sites (tertiary alicyclic amines) is 1. The molecule has 1 saturated heterocycles. The molecular weight excluding hydrogens is 242 g/mol. The van der Waals surface area contributed by atoms with Gasteiger partial charge in [-0.05, 0) is 18.3 Å². The third kappa shape index (κ3) is 2.50. The molecule has 82 valence electrons. The molecule has 0 aromatic carbocycles. The van der Waals surface area contributed by atoms with Gasteiger partial charge in [0, 0.05) is 13.1 Å². The van der Waals surface area contributed by atoms with E-state index in [1.165, 1.54) is 25.7 Å². The van der Waals surface area contributed by atoms with Crippen molar-refractivity contribution in [3.63, 3.8) is 0 Å². The molecule has 0 N–H and O–H groups in total. The summed E-state index contributed by atoms with van der Waals surface area (Å²) in [5, 5.41) is 0.470. The lowest BCUT2D eigenvalue weighted by Crippen LogP contribution is -2.43. The van der Waals surface area contributed by atoms with Crippen LogP contribution in [0.1, 0.15) is 39.5 Å². The first-order chi connectivity index (χ1) is 6.67. The predicted octanol–water partition coefficient (Wildman–Crippen LogP) is 2.81. The van der Waals surface area contributed by atoms with E-state index in [1.807, 2.05) is 4.90 Å². The standard InChI is InChI=1S/C11H20BrNO/c1-3-11(4-2)5-7-13(8-6-11)10(14)9-12/h3-9H2,1-2H3. The lowest BCUT2D eigenvalue weighted by molar-refractivity contribution is -0.130. The summed E-state index contributed by atoms with van der Waals surface area (Å²) >= 11 is 3.22. The average Bonchev–Trinajstić information content (AvgIpc) is 2.28. The van der Waals surface area contributed by atoms with Gasteiger partial charge in [0.1, 0.15) is 0 Å². The molecule has 0 aromatic heterocycles. The lowest BCUT2D eigenvalue weighted by Gasteiger charge is -2.40. The van der Waals surface area contributed by atoms with E-state index >= 15 is 0 Å². The topological polar surface area (TPSA) is 20.3 Å². The second kappa shape index (κ2) is 5.15. The Hall–Kier alpha value is -0.0500. The van der Waals surface area contributed by atoms with E-state index in [0.717, 1.165) is 13.1 Å². The molecule has 0 radical (unpaired) electrons. The van der Waals surface area contributed by atoms with Crippen LogP contribution in [0.2, 0.25) is 0 Å². The van der Waals surface area contributed by atoms with Gasteiger partial charge >= 0.3 is 0 Å². The molecule has 1 heterocycles. The fraction of sp³-hybridized carbons (Fsp3) is 0.909. The molecule has 0 spiro atoms. The SMILES string of the molecule is CCC1(CC)CCN(C(=O)CBr)CC1. The Morgan fingerprint density at radius 3 is 2.14 bits per heavy atom. The fourth-order valence-electron chi connectivity index (χ4n) is 2.27. The number of halogens is 1. The first kappa shape index (κ1) is 12.0. The number of carbonyl (C=O) groups is 1. The lowest BCUT2D eigenvalue weighted by atomic mass is 9.74. The number of piperidine rings is 1. The summed E-state index contributed by atoms with van der Waals surface area (Å²) < 4.78 is 0. The van der Waals surface area contributed by atoms with E-state index in [-0.39, 0.29) is 5.91 Å². The number of nitrogens with zero attached hydrogens (tertiary/aromatic N) is 1. The van der Waals surface area contributed by atoms with Crippen molar-refractivity contribution < 1.29 is 4.79 Å². The molecule has 0 bridgehead atoms. The zero-order valence-electron chi connectivity index (χ0n) is 9.18. The molecule has 0 unspecified atom stereocenters. The van der Waals surface area contributed by atoms with Gasteiger partial charge in [-0.1, -0.05) is 42.6 Å². The van der Waals surface area contributed by atoms with Crippen LogP contribution < -0.4 is 0 Å². The second-order valence-corrected chi connectivity index (χ2v) is 4.78. The Morgan fingerprint density at radius 1 is 1.29 bits per heavy atom. The van der Waals surface area contributed by atoms with Crippen molar-refractivity contribution in [3.05, 3.63) is 0 Å². The number of rotatable bonds is 3. The smallest absolute Gasteiger partial charge is 0.233 e. The van der Waals surface area contributed by atoms with Crippen LogP contribution in [-0.2, 0) is 4.79 Å². The minimum Gasteiger partial charge on any atom is -0.342 e. The third-order valence-corrected chi connectivity index (χ3v) is 4.27. The van der Waals surface area contributed by atoms with Gasteiger partial charge in [0.25, 0.3) is 0 Å². The van der Waals surface area contributed by atoms with Crippen LogP contribution in [0.25, 0.3) is 0 Å². The number of alkyl halides is 1. The molecule has 0 aliphatic carbocycles. The molecule has 1 rings (SSSR count). The van der Waals surface area contributed by atoms with E-state index in [9.17, 15) is 4.79 Å². The van der Waals surface area contributed by atoms with Gasteiger partial charge in [0.2, 0.25) is 5.91 Å². The first-order valence-corrected chi connectivity index (χ1v) is 6.63. The van der Waals surface area contributed by atoms with E-state index in [4.69, 9.17) is 0 Å². The molecule has 14 heavy (non-hydrogen) atoms. The maximum absolute atomic E-state index is 11.4. The quantitative estimate of drug-likeness (QED) is 0.716. The first-order valence-electron chi connectivity index (χ1n) is 5.51. The Balaban J connectivity index is 2.48. The van der Waals surface area contributed by atoms with Crippen molar-refractivity contribution in [2.75, 3.05) is 18.4 Å². The number of carbonyl (C=O) groups excluding carboxylic acids is 1. The number of hydrogen-bond donors (Lipinski definition) is 0. The number of hydrogen-bond acceptors (Lipinski definition) is 1. The van der Waals surface area contributed by atoms with Crippen LogP contribution in [0.5, 0.6) is 0 Å². The molecule has 2 nitrogen and oxygen atoms in total. The van der Waals surface area contributed by atoms with Gasteiger partial charge in [0.15, 0.2) is 0 Å². The van der Waals surface area contributed by atoms with Crippen molar-refractivity contribution in [2.24, 2.45) is 5.41 Å². The van der Waals surface area contributed by atoms with Crippen LogP contribution >= 0.6 is 15.9 Å². The highest BCUT2D eigenvalue weighted by atomic mass is 79.9. The van der Waals surface area contributed by atoms with E-state index in [2.05, 4.69) is 29.8 Å². The summed E-state index contributed by atoms with van der Waals surface area (Å²) in [6.45, 7) is 6.44. The molecule has 1 aliphatic rings. The zero-order chi connectivity index (χ0) is 10.6. The summed E-state index contributed by atoms with van der Waals surface area (Å²) in [7, 11) is 0. The maximum Gasteiger partial charge on any atom is 0.233 e. The molecular formula is C11H20BrNO. The van der Waals surface area contributed by atoms with Crippen molar-refractivity contribution >= 4 is 21.8 Å². The predicted molar refractivity (Wildman–Crippen MR) is 62.6 cm³/mol. The molecule has 1 aliphatic heterocycles. The zero-order valence-corrected chi connectivity index (χ0v) is 10.8. The fourth-order valence-corrected chi connectivity index (χ4v) is 2.63. The molecule has 0 saturated carbocycles. The normalized spacial score (nSPS) is 20.9. The highest BCUT2D eigenvalue weighted by Crippen LogP contribution is 2.37. The van der Waals surface area contributed by atoms with Gasteiger partial charge in [-0.2, -0.15) is 0 Å². The molecule has 1 fully saturated rings. The van der Waals surface area contributed by atoms with Gasteiger partial charge in [-0.25, -0.2) is 0 Å². The monoisotopic (exact) mass is 261 g/mol. The third-order valence-electron chi connectivity index (χ3n) is 3.79. The van der Waals surface area contributed by atoms with Crippen molar-refractivity contribution in [1.82, 2.24) is 4.90 Å². The second-order valence-electron chi connectivity index (χ2n) is 4.22. The van der Waals surface area contributed by atoms with Crippen LogP contribution in [0.15, 0.2) is 0 Å². The molecule has 0 aromatic rings. The summed E-state index contributed by atoms with van der Waals surface area (Å²) in [6, 6.07) is 0. The largest absolute Gasteiger partial charge is 0.342 e. The number of amides is 1. The summed E-state index contributed by atoms with van der Waals surface area (Å²) in [4.78, 5) is 13.4. The Morgan fingerprint density at radius 2 is 1.79 bits per heavy atom. The van der Waals surface area contributed by atoms with Crippen molar-refractivity contribution in [3.8, 4) is 0 Å². The minimum absolute atomic E-state index is 0.241. The van der Waals surface area contributed by atoms with Gasteiger partial charge in [-0.15, -0.1) is 0 Å². The van der Waals surface area contributed by atoms with Crippen molar-refractivity contribution in [1.29, 1.82) is 0 Å². The van der Waals surface area contributed by atoms with Crippen LogP contribution in [0.4, 0.5) is 0 Å². The van der Waals surface area contributed by atoms with E-state index in [1.54, 1.807) is 0 Å². The highest BCUT2D eigenvalue weighted by molar-refractivity contribution is 9.09. The summed E-state index contributed by atoms with van der Waals surface area (Å²) in [6.07, 6.45) is 4.86. The average molecular weight is 262 g/mol. The van der Waals surface area contributed by atoms with Crippen LogP contribution in [-0.4, -0.2) is 29.2 Å². The van der Waals surface area contributed by atoms with Gasteiger partial charge in [0.05, 0.1) is 5.33 Å². The van der Waals surface area contributed by atoms with Crippen molar-refractivity contribution in [2.45, 2.75) is 39.5 Å². The van der Waals surface area contributed by atoms with Gasteiger partial charge < -0.3 is 4.90 Å². The minimum atomic E-state index is 0.241. The Kier molecular flexibility index (Phi) is 4.42. The Bertz CT molecular complexity index is 191. The van der Waals surface area contributed by atoms with E-state index in [0.29, 0.717) is 10.7 Å². The summed E-state index contributed by atoms with van der Waals surface area (Å²) in [5.74, 6) is 0.241. The van der Waals surface area contributed by atoms with Crippen LogP contribution in [0, 0.1) is 5.41 Å². The summed E-state index contributed by atoms with van der Waals surface area (Å²) in [5.41, 5.74) is 0.517. The van der Waals surface area contributed by atoms with Crippen LogP contribution in [0.3, 0.4) is 0 Å². The molecule has 3 heteroatoms. The van der Waals surface area contributed by atoms with E-state index < -0.39 is 0 Å².